The molecule has 2 aromatic rings. The summed E-state index contributed by atoms with van der Waals surface area (Å²) in [4.78, 5) is 19.1. The van der Waals surface area contributed by atoms with Crippen LogP contribution in [0.1, 0.15) is 75.8 Å². The highest BCUT2D eigenvalue weighted by Gasteiger charge is 2.42. The molecule has 1 aromatic heterocycles. The maximum atomic E-state index is 12.8. The van der Waals surface area contributed by atoms with Crippen LogP contribution in [-0.2, 0) is 17.8 Å². The summed E-state index contributed by atoms with van der Waals surface area (Å²) < 4.78 is 2.02. The summed E-state index contributed by atoms with van der Waals surface area (Å²) in [7, 11) is 1.85. The zero-order chi connectivity index (χ0) is 28.7. The Bertz CT molecular complexity index is 981. The van der Waals surface area contributed by atoms with Gasteiger partial charge in [-0.2, -0.15) is 5.10 Å². The van der Waals surface area contributed by atoms with E-state index < -0.39 is 0 Å². The van der Waals surface area contributed by atoms with Crippen LogP contribution in [-0.4, -0.2) is 51.8 Å². The molecule has 2 fully saturated rings. The van der Waals surface area contributed by atoms with Crippen LogP contribution < -0.4 is 11.1 Å². The SMILES string of the molecule is C#C.C=C(C[C@H](C)N)NC.Cc1ccc(CCC(=O)N2CCC(Cn3cncn3)(C3CCCCC3)CC2)cc1. The summed E-state index contributed by atoms with van der Waals surface area (Å²) in [6.07, 6.45) is 22.7. The largest absolute Gasteiger partial charge is 0.392 e. The first-order valence-electron chi connectivity index (χ1n) is 14.4. The van der Waals surface area contributed by atoms with E-state index in [9.17, 15) is 4.79 Å². The van der Waals surface area contributed by atoms with E-state index in [1.54, 1.807) is 6.33 Å². The second-order valence-electron chi connectivity index (χ2n) is 11.2. The molecule has 0 bridgehead atoms. The second-order valence-corrected chi connectivity index (χ2v) is 11.2. The Balaban J connectivity index is 0.000000460. The number of likely N-dealkylation sites (tertiary alicyclic amines) is 1. The molecular weight excluding hydrogens is 484 g/mol. The lowest BCUT2D eigenvalue weighted by Gasteiger charge is -2.48. The first-order valence-corrected chi connectivity index (χ1v) is 14.4. The van der Waals surface area contributed by atoms with E-state index in [1.165, 1.54) is 43.2 Å². The molecule has 2 heterocycles. The third-order valence-electron chi connectivity index (χ3n) is 8.20. The van der Waals surface area contributed by atoms with Crippen molar-refractivity contribution in [3.8, 4) is 12.8 Å². The quantitative estimate of drug-likeness (QED) is 0.436. The summed E-state index contributed by atoms with van der Waals surface area (Å²) in [5.74, 6) is 1.06. The molecule has 1 amide bonds. The maximum Gasteiger partial charge on any atom is 0.222 e. The van der Waals surface area contributed by atoms with Gasteiger partial charge in [0.25, 0.3) is 0 Å². The molecule has 1 atom stereocenters. The number of aryl methyl sites for hydroxylation is 2. The summed E-state index contributed by atoms with van der Waals surface area (Å²) in [6.45, 7) is 10.5. The van der Waals surface area contributed by atoms with Crippen LogP contribution in [0.15, 0.2) is 49.2 Å². The van der Waals surface area contributed by atoms with Gasteiger partial charge in [-0.1, -0.05) is 55.7 Å². The minimum Gasteiger partial charge on any atom is -0.392 e. The standard InChI is InChI=1S/C24H34N4O.C6H14N2.C2H2/c1-20-7-9-21(10-8-20)11-12-23(29)27-15-13-24(14-16-27,17-28-19-25-18-26-28)22-5-3-2-4-6-22;1-5(7)4-6(2)8-3;1-2/h7-10,18-19,22H,2-6,11-17H2,1H3;5,8H,2,4,7H2,1,3H3;1-2H/t;5-;/m.0./s1. The average molecular weight is 535 g/mol. The zero-order valence-corrected chi connectivity index (χ0v) is 24.4. The molecular formula is C32H50N6O. The van der Waals surface area contributed by atoms with Crippen molar-refractivity contribution >= 4 is 5.91 Å². The van der Waals surface area contributed by atoms with Crippen LogP contribution in [0.5, 0.6) is 0 Å². The molecule has 1 saturated carbocycles. The van der Waals surface area contributed by atoms with Crippen molar-refractivity contribution in [3.05, 3.63) is 60.3 Å². The molecule has 2 aliphatic rings. The van der Waals surface area contributed by atoms with Gasteiger partial charge in [-0.3, -0.25) is 9.48 Å². The lowest BCUT2D eigenvalue weighted by atomic mass is 9.63. The summed E-state index contributed by atoms with van der Waals surface area (Å²) in [5.41, 5.74) is 9.25. The molecule has 1 aliphatic carbocycles. The highest BCUT2D eigenvalue weighted by molar-refractivity contribution is 5.76. The molecule has 39 heavy (non-hydrogen) atoms. The highest BCUT2D eigenvalue weighted by Crippen LogP contribution is 2.47. The van der Waals surface area contributed by atoms with E-state index in [0.717, 1.165) is 56.9 Å². The van der Waals surface area contributed by atoms with Gasteiger partial charge < -0.3 is 16.0 Å². The molecule has 7 heteroatoms. The van der Waals surface area contributed by atoms with E-state index in [1.807, 2.05) is 25.0 Å². The Kier molecular flexibility index (Phi) is 13.8. The van der Waals surface area contributed by atoms with Gasteiger partial charge in [-0.15, -0.1) is 12.8 Å². The maximum absolute atomic E-state index is 12.8. The molecule has 0 unspecified atom stereocenters. The number of nitrogens with zero attached hydrogens (tertiary/aromatic N) is 4. The number of nitrogens with one attached hydrogen (secondary N) is 1. The number of carbonyl (C=O) groups is 1. The van der Waals surface area contributed by atoms with Gasteiger partial charge in [-0.05, 0) is 62.8 Å². The van der Waals surface area contributed by atoms with Crippen molar-refractivity contribution in [2.24, 2.45) is 17.1 Å². The molecule has 214 valence electrons. The van der Waals surface area contributed by atoms with Gasteiger partial charge in [0.05, 0.1) is 0 Å². The number of hydrogen-bond donors (Lipinski definition) is 2. The van der Waals surface area contributed by atoms with Crippen LogP contribution in [0.25, 0.3) is 0 Å². The number of rotatable bonds is 9. The monoisotopic (exact) mass is 534 g/mol. The van der Waals surface area contributed by atoms with Gasteiger partial charge in [0.15, 0.2) is 0 Å². The number of amides is 1. The fourth-order valence-electron chi connectivity index (χ4n) is 5.90. The summed E-state index contributed by atoms with van der Waals surface area (Å²) >= 11 is 0. The molecule has 1 aliphatic heterocycles. The average Bonchev–Trinajstić information content (AvgIpc) is 3.47. The smallest absolute Gasteiger partial charge is 0.222 e. The fourth-order valence-corrected chi connectivity index (χ4v) is 5.90. The molecule has 4 rings (SSSR count). The predicted octanol–water partition coefficient (Wildman–Crippen LogP) is 5.11. The Morgan fingerprint density at radius 2 is 1.82 bits per heavy atom. The first-order chi connectivity index (χ1) is 18.8. The van der Waals surface area contributed by atoms with E-state index in [-0.39, 0.29) is 11.5 Å². The number of carbonyl (C=O) groups excluding carboxylic acids is 1. The highest BCUT2D eigenvalue weighted by atomic mass is 16.2. The number of nitrogens with two attached hydrogens (primary N) is 1. The predicted molar refractivity (Wildman–Crippen MR) is 161 cm³/mol. The molecule has 0 radical (unpaired) electrons. The number of aromatic nitrogens is 3. The lowest BCUT2D eigenvalue weighted by Crippen LogP contribution is -2.48. The van der Waals surface area contributed by atoms with Crippen molar-refractivity contribution < 1.29 is 4.79 Å². The van der Waals surface area contributed by atoms with E-state index >= 15 is 0 Å². The number of hydrogen-bond acceptors (Lipinski definition) is 5. The first kappa shape index (κ1) is 32.1. The van der Waals surface area contributed by atoms with Crippen molar-refractivity contribution in [1.82, 2.24) is 25.0 Å². The zero-order valence-electron chi connectivity index (χ0n) is 24.4. The van der Waals surface area contributed by atoms with Crippen LogP contribution in [0.2, 0.25) is 0 Å². The molecule has 1 saturated heterocycles. The molecule has 7 nitrogen and oxygen atoms in total. The topological polar surface area (TPSA) is 89.1 Å². The molecule has 0 spiro atoms. The summed E-state index contributed by atoms with van der Waals surface area (Å²) in [5, 5.41) is 7.32. The molecule has 1 aromatic carbocycles. The van der Waals surface area contributed by atoms with Gasteiger partial charge in [-0.25, -0.2) is 4.98 Å². The van der Waals surface area contributed by atoms with Crippen molar-refractivity contribution in [2.45, 2.75) is 90.6 Å². The second kappa shape index (κ2) is 16.8. The number of benzene rings is 1. The van der Waals surface area contributed by atoms with Gasteiger partial charge in [0.1, 0.15) is 12.7 Å². The Morgan fingerprint density at radius 3 is 2.33 bits per heavy atom. The van der Waals surface area contributed by atoms with Crippen molar-refractivity contribution in [1.29, 1.82) is 0 Å². The van der Waals surface area contributed by atoms with Gasteiger partial charge in [0.2, 0.25) is 5.91 Å². The van der Waals surface area contributed by atoms with Gasteiger partial charge in [0, 0.05) is 51.3 Å². The number of terminal acetylenes is 1. The van der Waals surface area contributed by atoms with Gasteiger partial charge >= 0.3 is 0 Å². The minimum absolute atomic E-state index is 0.218. The minimum atomic E-state index is 0.218. The van der Waals surface area contributed by atoms with Crippen LogP contribution in [0.3, 0.4) is 0 Å². The Labute approximate surface area is 236 Å². The van der Waals surface area contributed by atoms with Crippen LogP contribution in [0, 0.1) is 31.1 Å². The molecule has 3 N–H and O–H groups in total. The number of piperidine rings is 1. The third-order valence-corrected chi connectivity index (χ3v) is 8.20. The normalized spacial score (nSPS) is 17.5. The lowest BCUT2D eigenvalue weighted by molar-refractivity contribution is -0.134. The van der Waals surface area contributed by atoms with Crippen LogP contribution in [0.4, 0.5) is 0 Å². The fraction of sp³-hybridized carbons (Fsp3) is 0.594. The third kappa shape index (κ3) is 10.5. The van der Waals surface area contributed by atoms with Crippen LogP contribution >= 0.6 is 0 Å². The van der Waals surface area contributed by atoms with E-state index in [4.69, 9.17) is 5.73 Å². The Morgan fingerprint density at radius 1 is 1.18 bits per heavy atom. The van der Waals surface area contributed by atoms with E-state index in [2.05, 4.69) is 70.9 Å². The Hall–Kier alpha value is -3.11. The summed E-state index contributed by atoms with van der Waals surface area (Å²) in [6, 6.07) is 8.76. The van der Waals surface area contributed by atoms with Crippen molar-refractivity contribution in [3.63, 3.8) is 0 Å². The van der Waals surface area contributed by atoms with E-state index in [0.29, 0.717) is 12.3 Å². The van der Waals surface area contributed by atoms with Crippen molar-refractivity contribution in [2.75, 3.05) is 20.1 Å².